The van der Waals surface area contributed by atoms with Crippen LogP contribution in [0.5, 0.6) is 17.2 Å². The van der Waals surface area contributed by atoms with Gasteiger partial charge in [0.2, 0.25) is 5.75 Å². The Bertz CT molecular complexity index is 785. The van der Waals surface area contributed by atoms with Crippen LogP contribution < -0.4 is 19.5 Å². The summed E-state index contributed by atoms with van der Waals surface area (Å²) in [4.78, 5) is 24.2. The van der Waals surface area contributed by atoms with Crippen LogP contribution in [0.3, 0.4) is 0 Å². The molecule has 0 atom stereocenters. The monoisotopic (exact) mass is 378 g/mol. The van der Waals surface area contributed by atoms with Crippen LogP contribution >= 0.6 is 0 Å². The molecule has 2 rings (SSSR count). The van der Waals surface area contributed by atoms with Gasteiger partial charge in [-0.15, -0.1) is 0 Å². The topological polar surface area (TPSA) is 109 Å². The van der Waals surface area contributed by atoms with Crippen LogP contribution in [0.25, 0.3) is 0 Å². The first-order valence-corrected chi connectivity index (χ1v) is 8.06. The predicted molar refractivity (Wildman–Crippen MR) is 94.2 cm³/mol. The van der Waals surface area contributed by atoms with Crippen molar-refractivity contribution >= 4 is 11.9 Å². The maximum Gasteiger partial charge on any atom is 0.325 e. The molecule has 2 aromatic rings. The minimum atomic E-state index is -0.587. The van der Waals surface area contributed by atoms with E-state index >= 15 is 0 Å². The maximum atomic E-state index is 12.3. The number of aromatic nitrogens is 1. The highest BCUT2D eigenvalue weighted by molar-refractivity contribution is 5.97. The van der Waals surface area contributed by atoms with Crippen molar-refractivity contribution in [3.8, 4) is 17.2 Å². The Morgan fingerprint density at radius 1 is 1.07 bits per heavy atom. The number of amides is 1. The minimum absolute atomic E-state index is 0.0278. The number of hydrogen-bond donors (Lipinski definition) is 1. The van der Waals surface area contributed by atoms with E-state index in [0.717, 1.165) is 0 Å². The van der Waals surface area contributed by atoms with Crippen molar-refractivity contribution in [2.75, 3.05) is 27.9 Å². The average Bonchev–Trinajstić information content (AvgIpc) is 3.00. The van der Waals surface area contributed by atoms with E-state index in [4.69, 9.17) is 23.5 Å². The van der Waals surface area contributed by atoms with Crippen LogP contribution in [0.15, 0.2) is 16.7 Å². The van der Waals surface area contributed by atoms with E-state index in [1.807, 2.05) is 0 Å². The van der Waals surface area contributed by atoms with Gasteiger partial charge in [0.05, 0.1) is 32.6 Å². The fourth-order valence-corrected chi connectivity index (χ4v) is 2.38. The van der Waals surface area contributed by atoms with Crippen molar-refractivity contribution in [1.82, 2.24) is 10.5 Å². The average molecular weight is 378 g/mol. The molecule has 0 spiro atoms. The van der Waals surface area contributed by atoms with E-state index in [1.165, 1.54) is 33.5 Å². The Morgan fingerprint density at radius 3 is 2.19 bits per heavy atom. The van der Waals surface area contributed by atoms with E-state index in [-0.39, 0.29) is 18.7 Å². The molecular formula is C18H22N2O7. The largest absolute Gasteiger partial charge is 0.493 e. The van der Waals surface area contributed by atoms with Gasteiger partial charge in [0.25, 0.3) is 5.91 Å². The molecule has 1 N–H and O–H groups in total. The summed E-state index contributed by atoms with van der Waals surface area (Å²) in [7, 11) is 4.37. The van der Waals surface area contributed by atoms with Crippen LogP contribution in [-0.4, -0.2) is 44.9 Å². The fourth-order valence-electron chi connectivity index (χ4n) is 2.38. The number of hydrogen-bond acceptors (Lipinski definition) is 8. The molecule has 1 heterocycles. The number of ether oxygens (including phenoxy) is 4. The fraction of sp³-hybridized carbons (Fsp3) is 0.389. The Kier molecular flexibility index (Phi) is 6.64. The lowest BCUT2D eigenvalue weighted by atomic mass is 10.1. The van der Waals surface area contributed by atoms with E-state index < -0.39 is 11.9 Å². The number of carbonyl (C=O) groups excluding carboxylic acids is 2. The summed E-state index contributed by atoms with van der Waals surface area (Å²) >= 11 is 0. The predicted octanol–water partition coefficient (Wildman–Crippen LogP) is 1.79. The van der Waals surface area contributed by atoms with Gasteiger partial charge in [-0.25, -0.2) is 0 Å². The molecule has 1 aromatic heterocycles. The Balaban J connectivity index is 1.98. The zero-order chi connectivity index (χ0) is 20.0. The third-order valence-corrected chi connectivity index (χ3v) is 3.88. The van der Waals surface area contributed by atoms with Gasteiger partial charge in [0.1, 0.15) is 18.9 Å². The van der Waals surface area contributed by atoms with Crippen LogP contribution in [0.1, 0.15) is 27.4 Å². The van der Waals surface area contributed by atoms with Crippen LogP contribution in [0, 0.1) is 13.8 Å². The van der Waals surface area contributed by atoms with Crippen molar-refractivity contribution < 1.29 is 33.1 Å². The number of benzene rings is 1. The molecule has 0 unspecified atom stereocenters. The third kappa shape index (κ3) is 4.69. The number of aryl methyl sites for hydroxylation is 2. The molecule has 9 nitrogen and oxygen atoms in total. The van der Waals surface area contributed by atoms with E-state index in [1.54, 1.807) is 13.8 Å². The third-order valence-electron chi connectivity index (χ3n) is 3.88. The SMILES string of the molecule is COc1cc(C(=O)NCC(=O)OCc2c(C)noc2C)cc(OC)c1OC. The highest BCUT2D eigenvalue weighted by Gasteiger charge is 2.18. The van der Waals surface area contributed by atoms with Crippen molar-refractivity contribution in [3.05, 3.63) is 34.7 Å². The zero-order valence-electron chi connectivity index (χ0n) is 15.9. The summed E-state index contributed by atoms with van der Waals surface area (Å²) in [5.41, 5.74) is 1.61. The van der Waals surface area contributed by atoms with E-state index in [0.29, 0.717) is 34.3 Å². The molecule has 0 saturated carbocycles. The van der Waals surface area contributed by atoms with Gasteiger partial charge in [-0.2, -0.15) is 0 Å². The van der Waals surface area contributed by atoms with Crippen molar-refractivity contribution in [2.24, 2.45) is 0 Å². The van der Waals surface area contributed by atoms with Crippen molar-refractivity contribution in [2.45, 2.75) is 20.5 Å². The summed E-state index contributed by atoms with van der Waals surface area (Å²) in [5, 5.41) is 6.28. The summed E-state index contributed by atoms with van der Waals surface area (Å²) in [6, 6.07) is 2.98. The lowest BCUT2D eigenvalue weighted by Crippen LogP contribution is -2.30. The number of nitrogens with one attached hydrogen (secondary N) is 1. The number of carbonyl (C=O) groups is 2. The number of nitrogens with zero attached hydrogens (tertiary/aromatic N) is 1. The molecule has 27 heavy (non-hydrogen) atoms. The normalized spacial score (nSPS) is 10.3. The second kappa shape index (κ2) is 8.93. The lowest BCUT2D eigenvalue weighted by Gasteiger charge is -2.14. The van der Waals surface area contributed by atoms with Crippen LogP contribution in [0.4, 0.5) is 0 Å². The molecule has 9 heteroatoms. The van der Waals surface area contributed by atoms with Gasteiger partial charge in [0.15, 0.2) is 11.5 Å². The smallest absolute Gasteiger partial charge is 0.325 e. The molecular weight excluding hydrogens is 356 g/mol. The number of esters is 1. The van der Waals surface area contributed by atoms with Crippen LogP contribution in [-0.2, 0) is 16.1 Å². The summed E-state index contributed by atoms with van der Waals surface area (Å²) in [6.45, 7) is 3.22. The van der Waals surface area contributed by atoms with Crippen molar-refractivity contribution in [3.63, 3.8) is 0 Å². The summed E-state index contributed by atoms with van der Waals surface area (Å²) < 4.78 is 25.8. The lowest BCUT2D eigenvalue weighted by molar-refractivity contribution is -0.143. The Hall–Kier alpha value is -3.23. The van der Waals surface area contributed by atoms with Gasteiger partial charge in [0, 0.05) is 5.56 Å². The molecule has 0 aliphatic heterocycles. The molecule has 0 aliphatic carbocycles. The minimum Gasteiger partial charge on any atom is -0.493 e. The molecule has 0 bridgehead atoms. The molecule has 0 saturated heterocycles. The van der Waals surface area contributed by atoms with Gasteiger partial charge in [-0.3, -0.25) is 9.59 Å². The zero-order valence-corrected chi connectivity index (χ0v) is 15.9. The summed E-state index contributed by atoms with van der Waals surface area (Å²) in [5.74, 6) is 0.558. The second-order valence-electron chi connectivity index (χ2n) is 5.56. The first-order chi connectivity index (χ1) is 12.9. The highest BCUT2D eigenvalue weighted by atomic mass is 16.5. The first kappa shape index (κ1) is 20.1. The van der Waals surface area contributed by atoms with Crippen molar-refractivity contribution in [1.29, 1.82) is 0 Å². The highest BCUT2D eigenvalue weighted by Crippen LogP contribution is 2.38. The first-order valence-electron chi connectivity index (χ1n) is 8.06. The van der Waals surface area contributed by atoms with Gasteiger partial charge < -0.3 is 28.8 Å². The standard InChI is InChI=1S/C18H22N2O7/c1-10-13(11(2)27-20-10)9-26-16(21)8-19-18(22)12-6-14(23-3)17(25-5)15(7-12)24-4/h6-7H,8-9H2,1-5H3,(H,19,22). The van der Waals surface area contributed by atoms with Gasteiger partial charge in [-0.1, -0.05) is 5.16 Å². The number of methoxy groups -OCH3 is 3. The van der Waals surface area contributed by atoms with Gasteiger partial charge in [-0.05, 0) is 26.0 Å². The van der Waals surface area contributed by atoms with E-state index in [9.17, 15) is 9.59 Å². The summed E-state index contributed by atoms with van der Waals surface area (Å²) in [6.07, 6.45) is 0. The quantitative estimate of drug-likeness (QED) is 0.693. The Morgan fingerprint density at radius 2 is 1.70 bits per heavy atom. The number of rotatable bonds is 8. The molecule has 0 fully saturated rings. The second-order valence-corrected chi connectivity index (χ2v) is 5.56. The molecule has 0 radical (unpaired) electrons. The molecule has 146 valence electrons. The van der Waals surface area contributed by atoms with Crippen LogP contribution in [0.2, 0.25) is 0 Å². The molecule has 1 aromatic carbocycles. The van der Waals surface area contributed by atoms with Gasteiger partial charge >= 0.3 is 5.97 Å². The Labute approximate surface area is 156 Å². The van der Waals surface area contributed by atoms with E-state index in [2.05, 4.69) is 10.5 Å². The molecule has 1 amide bonds. The maximum absolute atomic E-state index is 12.3. The molecule has 0 aliphatic rings.